The molecule has 0 atom stereocenters. The van der Waals surface area contributed by atoms with Gasteiger partial charge in [0.2, 0.25) is 0 Å². The summed E-state index contributed by atoms with van der Waals surface area (Å²) >= 11 is 1.75. The molecule has 0 amide bonds. The van der Waals surface area contributed by atoms with E-state index < -0.39 is 0 Å². The number of nitrogens with zero attached hydrogens (tertiary/aromatic N) is 2. The third kappa shape index (κ3) is 3.66. The molecule has 0 aromatic carbocycles. The van der Waals surface area contributed by atoms with Crippen molar-refractivity contribution in [3.05, 3.63) is 79.7 Å². The predicted octanol–water partition coefficient (Wildman–Crippen LogP) is 3.76. The lowest BCUT2D eigenvalue weighted by atomic mass is 10.1. The molecule has 5 heteroatoms. The second-order valence-corrected chi connectivity index (χ2v) is 7.35. The Hall–Kier alpha value is -2.40. The van der Waals surface area contributed by atoms with Crippen molar-refractivity contribution in [3.63, 3.8) is 0 Å². The lowest BCUT2D eigenvalue weighted by Gasteiger charge is -2.09. The van der Waals surface area contributed by atoms with Crippen molar-refractivity contribution < 1.29 is 4.79 Å². The van der Waals surface area contributed by atoms with Crippen LogP contribution in [0.2, 0.25) is 0 Å². The Balaban J connectivity index is 1.80. The summed E-state index contributed by atoms with van der Waals surface area (Å²) in [5.74, 6) is -0.0248. The molecule has 0 aliphatic rings. The van der Waals surface area contributed by atoms with E-state index in [0.717, 1.165) is 24.4 Å². The number of aromatic nitrogens is 2. The standard InChI is InChI=1S/C20H22N2O2S/c1-14-6-4-9-21(20(14)24)13-19(23)18-12-15(2)22(16(18)3)10-8-17-7-5-11-25-17/h4-7,9,11-12H,8,10,13H2,1-3H3. The van der Waals surface area contributed by atoms with Crippen LogP contribution in [0.5, 0.6) is 0 Å². The van der Waals surface area contributed by atoms with Crippen LogP contribution in [-0.2, 0) is 19.5 Å². The summed E-state index contributed by atoms with van der Waals surface area (Å²) < 4.78 is 3.67. The van der Waals surface area contributed by atoms with E-state index in [9.17, 15) is 9.59 Å². The van der Waals surface area contributed by atoms with Gasteiger partial charge in [0.05, 0.1) is 6.54 Å². The molecule has 0 saturated heterocycles. The van der Waals surface area contributed by atoms with E-state index in [4.69, 9.17) is 0 Å². The molecule has 3 heterocycles. The summed E-state index contributed by atoms with van der Waals surface area (Å²) in [6.45, 7) is 6.70. The highest BCUT2D eigenvalue weighted by Crippen LogP contribution is 2.18. The van der Waals surface area contributed by atoms with E-state index in [0.29, 0.717) is 11.1 Å². The number of ketones is 1. The first kappa shape index (κ1) is 17.4. The maximum Gasteiger partial charge on any atom is 0.253 e. The average Bonchev–Trinajstić information content (AvgIpc) is 3.19. The van der Waals surface area contributed by atoms with Crippen molar-refractivity contribution in [2.45, 2.75) is 40.3 Å². The smallest absolute Gasteiger partial charge is 0.253 e. The quantitative estimate of drug-likeness (QED) is 0.633. The van der Waals surface area contributed by atoms with Gasteiger partial charge in [0.25, 0.3) is 5.56 Å². The maximum atomic E-state index is 12.7. The van der Waals surface area contributed by atoms with Crippen molar-refractivity contribution in [1.29, 1.82) is 0 Å². The van der Waals surface area contributed by atoms with Gasteiger partial charge in [-0.15, -0.1) is 11.3 Å². The summed E-state index contributed by atoms with van der Waals surface area (Å²) in [7, 11) is 0. The topological polar surface area (TPSA) is 44.0 Å². The zero-order chi connectivity index (χ0) is 18.0. The Bertz CT molecular complexity index is 949. The third-order valence-corrected chi connectivity index (χ3v) is 5.50. The van der Waals surface area contributed by atoms with Crippen LogP contribution in [0.25, 0.3) is 0 Å². The monoisotopic (exact) mass is 354 g/mol. The summed E-state index contributed by atoms with van der Waals surface area (Å²) in [5.41, 5.74) is 3.30. The predicted molar refractivity (Wildman–Crippen MR) is 102 cm³/mol. The molecule has 3 aromatic heterocycles. The summed E-state index contributed by atoms with van der Waals surface area (Å²) in [5, 5.41) is 2.08. The van der Waals surface area contributed by atoms with Gasteiger partial charge in [-0.25, -0.2) is 0 Å². The van der Waals surface area contributed by atoms with Crippen LogP contribution in [0.4, 0.5) is 0 Å². The molecule has 0 fully saturated rings. The number of aryl methyl sites for hydroxylation is 3. The van der Waals surface area contributed by atoms with Crippen LogP contribution in [-0.4, -0.2) is 14.9 Å². The minimum atomic E-state index is -0.109. The number of hydrogen-bond donors (Lipinski definition) is 0. The highest BCUT2D eigenvalue weighted by atomic mass is 32.1. The molecule has 0 N–H and O–H groups in total. The zero-order valence-electron chi connectivity index (χ0n) is 14.8. The van der Waals surface area contributed by atoms with E-state index in [1.54, 1.807) is 36.6 Å². The Morgan fingerprint density at radius 3 is 2.68 bits per heavy atom. The normalized spacial score (nSPS) is 11.0. The molecular formula is C20H22N2O2S. The number of hydrogen-bond acceptors (Lipinski definition) is 3. The molecule has 3 aromatic rings. The highest BCUT2D eigenvalue weighted by molar-refractivity contribution is 7.09. The van der Waals surface area contributed by atoms with E-state index in [1.165, 1.54) is 9.44 Å². The van der Waals surface area contributed by atoms with Crippen LogP contribution in [0.15, 0.2) is 46.7 Å². The first-order valence-electron chi connectivity index (χ1n) is 8.35. The Labute approximate surface area is 151 Å². The minimum Gasteiger partial charge on any atom is -0.348 e. The molecule has 0 bridgehead atoms. The van der Waals surface area contributed by atoms with Gasteiger partial charge in [0.15, 0.2) is 5.78 Å². The van der Waals surface area contributed by atoms with Gasteiger partial charge in [-0.1, -0.05) is 12.1 Å². The third-order valence-electron chi connectivity index (χ3n) is 4.56. The number of rotatable bonds is 6. The molecule has 0 saturated carbocycles. The molecule has 4 nitrogen and oxygen atoms in total. The van der Waals surface area contributed by atoms with Crippen LogP contribution < -0.4 is 5.56 Å². The molecular weight excluding hydrogens is 332 g/mol. The molecule has 130 valence electrons. The van der Waals surface area contributed by atoms with Gasteiger partial charge >= 0.3 is 0 Å². The van der Waals surface area contributed by atoms with Crippen molar-refractivity contribution >= 4 is 17.1 Å². The molecule has 0 aliphatic carbocycles. The lowest BCUT2D eigenvalue weighted by Crippen LogP contribution is -2.25. The SMILES string of the molecule is Cc1cccn(CC(=O)c2cc(C)n(CCc3cccs3)c2C)c1=O. The highest BCUT2D eigenvalue weighted by Gasteiger charge is 2.16. The van der Waals surface area contributed by atoms with E-state index in [-0.39, 0.29) is 17.9 Å². The summed E-state index contributed by atoms with van der Waals surface area (Å²) in [4.78, 5) is 26.2. The van der Waals surface area contributed by atoms with E-state index >= 15 is 0 Å². The lowest BCUT2D eigenvalue weighted by molar-refractivity contribution is 0.0970. The van der Waals surface area contributed by atoms with E-state index in [1.807, 2.05) is 19.9 Å². The minimum absolute atomic E-state index is 0.0248. The first-order valence-corrected chi connectivity index (χ1v) is 9.23. The second kappa shape index (κ2) is 7.23. The molecule has 0 spiro atoms. The second-order valence-electron chi connectivity index (χ2n) is 6.31. The average molecular weight is 354 g/mol. The van der Waals surface area contributed by atoms with Crippen LogP contribution in [0.3, 0.4) is 0 Å². The molecule has 3 rings (SSSR count). The van der Waals surface area contributed by atoms with Gasteiger partial charge in [-0.2, -0.15) is 0 Å². The van der Waals surface area contributed by atoms with Crippen molar-refractivity contribution in [1.82, 2.24) is 9.13 Å². The van der Waals surface area contributed by atoms with Crippen LogP contribution >= 0.6 is 11.3 Å². The fraction of sp³-hybridized carbons (Fsp3) is 0.300. The molecule has 0 unspecified atom stereocenters. The fourth-order valence-corrected chi connectivity index (χ4v) is 3.82. The first-order chi connectivity index (χ1) is 12.0. The fourth-order valence-electron chi connectivity index (χ4n) is 3.13. The van der Waals surface area contributed by atoms with Gasteiger partial charge < -0.3 is 9.13 Å². The number of pyridine rings is 1. The van der Waals surface area contributed by atoms with Gasteiger partial charge in [0.1, 0.15) is 0 Å². The molecule has 0 radical (unpaired) electrons. The van der Waals surface area contributed by atoms with Gasteiger partial charge in [0, 0.05) is 40.1 Å². The zero-order valence-corrected chi connectivity index (χ0v) is 15.6. The summed E-state index contributed by atoms with van der Waals surface area (Å²) in [6.07, 6.45) is 2.63. The van der Waals surface area contributed by atoms with E-state index in [2.05, 4.69) is 22.1 Å². The Morgan fingerprint density at radius 2 is 1.96 bits per heavy atom. The number of Topliss-reactive ketones (excluding diaryl/α,β-unsaturated/α-hetero) is 1. The number of thiophene rings is 1. The molecule has 25 heavy (non-hydrogen) atoms. The van der Waals surface area contributed by atoms with Gasteiger partial charge in [-0.3, -0.25) is 9.59 Å². The number of carbonyl (C=O) groups is 1. The van der Waals surface area contributed by atoms with Crippen LogP contribution in [0.1, 0.15) is 32.2 Å². The largest absolute Gasteiger partial charge is 0.348 e. The number of carbonyl (C=O) groups excluding carboxylic acids is 1. The maximum absolute atomic E-state index is 12.7. The Kier molecular flexibility index (Phi) is 5.04. The van der Waals surface area contributed by atoms with Crippen molar-refractivity contribution in [2.24, 2.45) is 0 Å². The van der Waals surface area contributed by atoms with Crippen molar-refractivity contribution in [3.8, 4) is 0 Å². The molecule has 0 aliphatic heterocycles. The summed E-state index contributed by atoms with van der Waals surface area (Å²) in [6, 6.07) is 9.69. The van der Waals surface area contributed by atoms with Crippen molar-refractivity contribution in [2.75, 3.05) is 0 Å². The van der Waals surface area contributed by atoms with Gasteiger partial charge in [-0.05, 0) is 50.8 Å². The van der Waals surface area contributed by atoms with Crippen LogP contribution in [0, 0.1) is 20.8 Å². The Morgan fingerprint density at radius 1 is 1.16 bits per heavy atom.